The van der Waals surface area contributed by atoms with Gasteiger partial charge in [0.2, 0.25) is 12.3 Å². The van der Waals surface area contributed by atoms with Crippen molar-refractivity contribution in [2.75, 3.05) is 18.1 Å². The molecule has 0 aliphatic carbocycles. The lowest BCUT2D eigenvalue weighted by Gasteiger charge is -2.27. The second-order valence-corrected chi connectivity index (χ2v) is 6.65. The molecule has 6 nitrogen and oxygen atoms in total. The number of aliphatic imine (C=N–C) groups is 1. The molecule has 0 spiro atoms. The van der Waals surface area contributed by atoms with Crippen molar-refractivity contribution in [2.24, 2.45) is 4.99 Å². The van der Waals surface area contributed by atoms with Gasteiger partial charge in [0.25, 0.3) is 0 Å². The van der Waals surface area contributed by atoms with E-state index in [9.17, 15) is 31.1 Å². The summed E-state index contributed by atoms with van der Waals surface area (Å²) in [5, 5.41) is 8.88. The maximum Gasteiger partial charge on any atom is 0.433 e. The molecule has 0 N–H and O–H groups in total. The van der Waals surface area contributed by atoms with E-state index in [0.29, 0.717) is 16.7 Å². The number of halogens is 6. The van der Waals surface area contributed by atoms with Crippen LogP contribution in [-0.2, 0) is 15.7 Å². The molecule has 2 aromatic carbocycles. The van der Waals surface area contributed by atoms with Gasteiger partial charge < -0.3 is 14.4 Å². The Balaban J connectivity index is 1.80. The molecule has 1 aliphatic rings. The summed E-state index contributed by atoms with van der Waals surface area (Å²) in [6, 6.07) is 9.42. The zero-order valence-corrected chi connectivity index (χ0v) is 15.9. The molecule has 1 aliphatic heterocycles. The molecule has 0 amide bonds. The normalized spacial score (nSPS) is 18.7. The number of benzene rings is 2. The van der Waals surface area contributed by atoms with Gasteiger partial charge in [-0.2, -0.15) is 36.6 Å². The second kappa shape index (κ2) is 8.90. The number of isocyanates is 1. The summed E-state index contributed by atoms with van der Waals surface area (Å²) >= 11 is 0. The first-order chi connectivity index (χ1) is 15.0. The zero-order chi connectivity index (χ0) is 23.5. The van der Waals surface area contributed by atoms with E-state index in [1.165, 1.54) is 36.4 Å². The van der Waals surface area contributed by atoms with Crippen LogP contribution in [-0.4, -0.2) is 37.7 Å². The minimum absolute atomic E-state index is 0.262. The van der Waals surface area contributed by atoms with Crippen molar-refractivity contribution in [3.8, 4) is 11.8 Å². The lowest BCUT2D eigenvalue weighted by Crippen LogP contribution is -2.42. The fourth-order valence-electron chi connectivity index (χ4n) is 3.10. The summed E-state index contributed by atoms with van der Waals surface area (Å²) < 4.78 is 90.6. The number of alkyl halides is 6. The van der Waals surface area contributed by atoms with Crippen LogP contribution >= 0.6 is 0 Å². The molecule has 1 heterocycles. The van der Waals surface area contributed by atoms with E-state index in [-0.39, 0.29) is 12.4 Å². The first-order valence-corrected chi connectivity index (χ1v) is 8.94. The van der Waals surface area contributed by atoms with Crippen molar-refractivity contribution < 1.29 is 40.6 Å². The highest BCUT2D eigenvalue weighted by Gasteiger charge is 2.51. The average molecular weight is 457 g/mol. The van der Waals surface area contributed by atoms with Crippen LogP contribution in [0.5, 0.6) is 5.75 Å². The third kappa shape index (κ3) is 5.19. The number of nitrogens with zero attached hydrogens (tertiary/aromatic N) is 3. The molecule has 0 aromatic heterocycles. The van der Waals surface area contributed by atoms with Gasteiger partial charge in [-0.05, 0) is 42.5 Å². The molecular weight excluding hydrogens is 444 g/mol. The van der Waals surface area contributed by atoms with Crippen LogP contribution in [0.15, 0.2) is 47.5 Å². The number of anilines is 1. The number of ether oxygens (including phenoxy) is 2. The maximum absolute atomic E-state index is 13.5. The molecule has 0 saturated carbocycles. The van der Waals surface area contributed by atoms with Crippen molar-refractivity contribution in [3.05, 3.63) is 53.6 Å². The number of hydrogen-bond acceptors (Lipinski definition) is 6. The van der Waals surface area contributed by atoms with Crippen molar-refractivity contribution >= 4 is 17.5 Å². The van der Waals surface area contributed by atoms with Crippen LogP contribution in [0.25, 0.3) is 0 Å². The van der Waals surface area contributed by atoms with Gasteiger partial charge in [-0.25, -0.2) is 4.79 Å². The Morgan fingerprint density at radius 1 is 1.12 bits per heavy atom. The molecule has 2 aromatic rings. The van der Waals surface area contributed by atoms with E-state index in [2.05, 4.69) is 4.99 Å². The Hall–Kier alpha value is -3.55. The van der Waals surface area contributed by atoms with Crippen LogP contribution in [0.4, 0.5) is 37.7 Å². The van der Waals surface area contributed by atoms with Gasteiger partial charge in [0.15, 0.2) is 0 Å². The second-order valence-electron chi connectivity index (χ2n) is 6.65. The predicted molar refractivity (Wildman–Crippen MR) is 97.9 cm³/mol. The summed E-state index contributed by atoms with van der Waals surface area (Å²) in [7, 11) is 0. The first-order valence-electron chi connectivity index (χ1n) is 8.94. The molecule has 0 bridgehead atoms. The molecule has 32 heavy (non-hydrogen) atoms. The van der Waals surface area contributed by atoms with E-state index in [1.807, 2.05) is 0 Å². The van der Waals surface area contributed by atoms with Crippen molar-refractivity contribution in [1.29, 1.82) is 5.26 Å². The Bertz CT molecular complexity index is 1060. The fraction of sp³-hybridized carbons (Fsp3) is 0.300. The minimum Gasteiger partial charge on any atom is -0.491 e. The number of rotatable bonds is 5. The molecule has 3 rings (SSSR count). The molecule has 168 valence electrons. The third-order valence-electron chi connectivity index (χ3n) is 4.49. The SMILES string of the molecule is N#Cc1ccc(N2C[C@@H](COc3ccc(N=C=O)cc3)O[C@@H]2C(F)(F)F)cc1C(F)(F)F. The smallest absolute Gasteiger partial charge is 0.433 e. The van der Waals surface area contributed by atoms with E-state index in [1.54, 1.807) is 0 Å². The summed E-state index contributed by atoms with van der Waals surface area (Å²) in [6.45, 7) is -0.720. The van der Waals surface area contributed by atoms with Crippen molar-refractivity contribution in [1.82, 2.24) is 0 Å². The summed E-state index contributed by atoms with van der Waals surface area (Å²) in [6.07, 6.45) is -12.1. The van der Waals surface area contributed by atoms with Crippen LogP contribution in [0.1, 0.15) is 11.1 Å². The van der Waals surface area contributed by atoms with E-state index in [0.717, 1.165) is 12.1 Å². The Labute approximate surface area is 177 Å². The number of nitriles is 1. The highest BCUT2D eigenvalue weighted by molar-refractivity contribution is 5.56. The van der Waals surface area contributed by atoms with Gasteiger partial charge in [0.1, 0.15) is 18.5 Å². The van der Waals surface area contributed by atoms with Crippen LogP contribution in [0.2, 0.25) is 0 Å². The van der Waals surface area contributed by atoms with Crippen molar-refractivity contribution in [2.45, 2.75) is 24.7 Å². The highest BCUT2D eigenvalue weighted by atomic mass is 19.4. The quantitative estimate of drug-likeness (QED) is 0.369. The van der Waals surface area contributed by atoms with Gasteiger partial charge in [0.05, 0.1) is 29.4 Å². The fourth-order valence-corrected chi connectivity index (χ4v) is 3.10. The Kier molecular flexibility index (Phi) is 6.43. The molecule has 1 fully saturated rings. The topological polar surface area (TPSA) is 74.9 Å². The molecule has 12 heteroatoms. The monoisotopic (exact) mass is 457 g/mol. The zero-order valence-electron chi connectivity index (χ0n) is 15.9. The van der Waals surface area contributed by atoms with Gasteiger partial charge in [-0.15, -0.1) is 0 Å². The minimum atomic E-state index is -4.92. The van der Waals surface area contributed by atoms with E-state index < -0.39 is 48.0 Å². The van der Waals surface area contributed by atoms with Crippen LogP contribution in [0, 0.1) is 11.3 Å². The molecule has 1 saturated heterocycles. The standard InChI is InChI=1S/C20H13F6N3O3/c21-19(22,23)17-7-14(4-1-12(17)8-27)29-9-16(32-18(29)20(24,25)26)10-31-15-5-2-13(3-6-15)28-11-30/h1-7,16,18H,9-10H2/t16-,18+/m0/s1. The third-order valence-corrected chi connectivity index (χ3v) is 4.49. The van der Waals surface area contributed by atoms with Gasteiger partial charge in [-0.1, -0.05) is 0 Å². The van der Waals surface area contributed by atoms with Crippen LogP contribution in [0.3, 0.4) is 0 Å². The van der Waals surface area contributed by atoms with Gasteiger partial charge in [0, 0.05) is 5.69 Å². The van der Waals surface area contributed by atoms with Gasteiger partial charge in [-0.3, -0.25) is 0 Å². The molecule has 2 atom stereocenters. The summed E-state index contributed by atoms with van der Waals surface area (Å²) in [5.74, 6) is 0.262. The largest absolute Gasteiger partial charge is 0.491 e. The first kappa shape index (κ1) is 23.1. The predicted octanol–water partition coefficient (Wildman–Crippen LogP) is 4.72. The lowest BCUT2D eigenvalue weighted by molar-refractivity contribution is -0.215. The number of carbonyl (C=O) groups excluding carboxylic acids is 1. The molecule has 0 radical (unpaired) electrons. The average Bonchev–Trinajstić information content (AvgIpc) is 3.17. The number of hydrogen-bond donors (Lipinski definition) is 0. The molecular formula is C20H13F6N3O3. The Morgan fingerprint density at radius 2 is 1.81 bits per heavy atom. The Morgan fingerprint density at radius 3 is 2.38 bits per heavy atom. The van der Waals surface area contributed by atoms with Crippen LogP contribution < -0.4 is 9.64 Å². The van der Waals surface area contributed by atoms with Crippen molar-refractivity contribution in [3.63, 3.8) is 0 Å². The summed E-state index contributed by atoms with van der Waals surface area (Å²) in [5.41, 5.74) is -2.13. The van der Waals surface area contributed by atoms with E-state index in [4.69, 9.17) is 14.7 Å². The van der Waals surface area contributed by atoms with E-state index >= 15 is 0 Å². The van der Waals surface area contributed by atoms with Gasteiger partial charge >= 0.3 is 12.4 Å². The highest BCUT2D eigenvalue weighted by Crippen LogP contribution is 2.39. The summed E-state index contributed by atoms with van der Waals surface area (Å²) in [4.78, 5) is 14.2. The maximum atomic E-state index is 13.5. The lowest BCUT2D eigenvalue weighted by atomic mass is 10.1. The molecule has 0 unspecified atom stereocenters.